The lowest BCUT2D eigenvalue weighted by molar-refractivity contribution is -0.789. The molecule has 0 aliphatic carbocycles. The largest absolute Gasteiger partial charge is 1.00 e. The van der Waals surface area contributed by atoms with Gasteiger partial charge in [0.05, 0.1) is 0 Å². The Balaban J connectivity index is 0.00000121. The molecule has 1 unspecified atom stereocenters. The van der Waals surface area contributed by atoms with Gasteiger partial charge in [0.2, 0.25) is 0 Å². The van der Waals surface area contributed by atoms with E-state index in [-0.39, 0.29) is 24.0 Å². The van der Waals surface area contributed by atoms with Gasteiger partial charge in [-0.15, -0.1) is 0 Å². The van der Waals surface area contributed by atoms with E-state index in [9.17, 15) is 10.4 Å². The number of hydrogen-bond acceptors (Lipinski definition) is 3. The van der Waals surface area contributed by atoms with Crippen LogP contribution >= 0.6 is 0 Å². The van der Waals surface area contributed by atoms with Gasteiger partial charge in [-0.2, -0.15) is 5.84 Å². The smallest absolute Gasteiger partial charge is 0.150 e. The second-order valence-electron chi connectivity index (χ2n) is 2.10. The van der Waals surface area contributed by atoms with Crippen LogP contribution in [0.1, 0.15) is 0 Å². The molecule has 12 heavy (non-hydrogen) atoms. The van der Waals surface area contributed by atoms with Crippen LogP contribution in [0.3, 0.4) is 0 Å². The number of benzene rings is 1. The summed E-state index contributed by atoms with van der Waals surface area (Å²) in [5.74, 6) is 4.98. The quantitative estimate of drug-likeness (QED) is 0.220. The minimum atomic E-state index is -0.484. The average molecular weight is 282 g/mol. The molecule has 0 aliphatic rings. The molecule has 0 bridgehead atoms. The van der Waals surface area contributed by atoms with Crippen molar-refractivity contribution in [3.8, 4) is 0 Å². The Kier molecular flexibility index (Phi) is 5.29. The summed E-state index contributed by atoms with van der Waals surface area (Å²) >= 11 is 0. The Labute approximate surface area is 86.7 Å². The molecule has 0 aromatic heterocycles. The van der Waals surface area contributed by atoms with Crippen LogP contribution in [0.5, 0.6) is 0 Å². The van der Waals surface area contributed by atoms with Crippen LogP contribution in [0, 0.1) is 10.4 Å². The van der Waals surface area contributed by atoms with Crippen LogP contribution in [-0.4, -0.2) is 0 Å². The van der Waals surface area contributed by atoms with Crippen LogP contribution < -0.4 is 40.5 Å². The normalized spacial score (nSPS) is 11.9. The second-order valence-corrected chi connectivity index (χ2v) is 2.10. The van der Waals surface area contributed by atoms with E-state index in [1.165, 1.54) is 12.1 Å². The van der Waals surface area contributed by atoms with Crippen LogP contribution in [0.15, 0.2) is 24.3 Å². The predicted molar refractivity (Wildman–Crippen MR) is 39.6 cm³/mol. The van der Waals surface area contributed by atoms with E-state index in [2.05, 4.69) is 0 Å². The lowest BCUT2D eigenvalue weighted by atomic mass is 10.3. The first kappa shape index (κ1) is 11.8. The summed E-state index contributed by atoms with van der Waals surface area (Å²) in [5, 5.41) is 20.2. The fourth-order valence-corrected chi connectivity index (χ4v) is 0.726. The SMILES string of the molecule is N[NH+]([O-])c1ccc([NH2+][O-])cc1.[I-]. The molecule has 0 heterocycles. The summed E-state index contributed by atoms with van der Waals surface area (Å²) in [6, 6.07) is 6.14. The van der Waals surface area contributed by atoms with Crippen molar-refractivity contribution in [1.82, 2.24) is 0 Å². The molecular weight excluding hydrogens is 273 g/mol. The Hall–Kier alpha value is -0.250. The monoisotopic (exact) mass is 282 g/mol. The molecule has 6 heteroatoms. The van der Waals surface area contributed by atoms with Gasteiger partial charge < -0.3 is 39.9 Å². The van der Waals surface area contributed by atoms with E-state index in [4.69, 9.17) is 5.84 Å². The van der Waals surface area contributed by atoms with Gasteiger partial charge in [-0.3, -0.25) is 5.17 Å². The van der Waals surface area contributed by atoms with Gasteiger partial charge in [0, 0.05) is 24.3 Å². The number of hydrogen-bond donors (Lipinski definition) is 3. The van der Waals surface area contributed by atoms with Crippen molar-refractivity contribution < 1.29 is 34.6 Å². The second kappa shape index (κ2) is 5.41. The van der Waals surface area contributed by atoms with Crippen molar-refractivity contribution >= 4 is 11.4 Å². The summed E-state index contributed by atoms with van der Waals surface area (Å²) in [4.78, 5) is 0. The Morgan fingerprint density at radius 2 is 1.75 bits per heavy atom. The van der Waals surface area contributed by atoms with Gasteiger partial charge in [-0.05, 0) is 0 Å². The molecule has 0 saturated carbocycles. The van der Waals surface area contributed by atoms with E-state index < -0.39 is 5.17 Å². The lowest BCUT2D eigenvalue weighted by Crippen LogP contribution is -3.08. The Morgan fingerprint density at radius 1 is 1.25 bits per heavy atom. The maximum atomic E-state index is 10.5. The number of nitrogens with one attached hydrogen (secondary N) is 1. The highest BCUT2D eigenvalue weighted by Crippen LogP contribution is 2.03. The fraction of sp³-hybridized carbons (Fsp3) is 0. The molecule has 1 atom stereocenters. The molecular formula is C6H9IN3O2-. The first-order valence-electron chi connectivity index (χ1n) is 3.09. The van der Waals surface area contributed by atoms with Gasteiger partial charge in [0.15, 0.2) is 5.69 Å². The first-order valence-corrected chi connectivity index (χ1v) is 3.09. The van der Waals surface area contributed by atoms with Crippen molar-refractivity contribution in [2.24, 2.45) is 5.84 Å². The van der Waals surface area contributed by atoms with E-state index in [0.29, 0.717) is 16.9 Å². The summed E-state index contributed by atoms with van der Waals surface area (Å²) in [7, 11) is 0. The standard InChI is InChI=1S/C6H9N3O2.HI/c7-9(11)6-3-1-5(8-10)2-4-6;/h1-4,9H,7-8H2;1H/p-1. The summed E-state index contributed by atoms with van der Waals surface area (Å²) in [6.07, 6.45) is 0. The molecule has 1 aromatic rings. The topological polar surface area (TPSA) is 93.2 Å². The van der Waals surface area contributed by atoms with Crippen LogP contribution in [-0.2, 0) is 0 Å². The zero-order chi connectivity index (χ0) is 8.27. The van der Waals surface area contributed by atoms with Crippen molar-refractivity contribution in [2.75, 3.05) is 0 Å². The third kappa shape index (κ3) is 3.01. The zero-order valence-electron chi connectivity index (χ0n) is 6.16. The molecule has 5 nitrogen and oxygen atoms in total. The van der Waals surface area contributed by atoms with Crippen LogP contribution in [0.25, 0.3) is 0 Å². The number of nitrogens with two attached hydrogens (primary N) is 2. The van der Waals surface area contributed by atoms with Crippen LogP contribution in [0.4, 0.5) is 11.4 Å². The molecule has 0 spiro atoms. The molecule has 1 aromatic carbocycles. The average Bonchev–Trinajstić information content (AvgIpc) is 2.05. The highest BCUT2D eigenvalue weighted by molar-refractivity contribution is 5.38. The molecule has 0 fully saturated rings. The number of halogens is 1. The van der Waals surface area contributed by atoms with Crippen molar-refractivity contribution in [2.45, 2.75) is 0 Å². The van der Waals surface area contributed by atoms with Crippen molar-refractivity contribution in [3.63, 3.8) is 0 Å². The molecule has 0 amide bonds. The van der Waals surface area contributed by atoms with Gasteiger partial charge in [0.1, 0.15) is 5.69 Å². The van der Waals surface area contributed by atoms with Gasteiger partial charge in [-0.25, -0.2) is 0 Å². The predicted octanol–water partition coefficient (Wildman–Crippen LogP) is -4.73. The summed E-state index contributed by atoms with van der Waals surface area (Å²) in [6.45, 7) is 0. The lowest BCUT2D eigenvalue weighted by Gasteiger charge is -2.13. The molecule has 0 aliphatic heterocycles. The molecule has 5 N–H and O–H groups in total. The summed E-state index contributed by atoms with van der Waals surface area (Å²) < 4.78 is 0. The molecule has 0 saturated heterocycles. The van der Waals surface area contributed by atoms with E-state index >= 15 is 0 Å². The minimum Gasteiger partial charge on any atom is -1.00 e. The maximum absolute atomic E-state index is 10.5. The van der Waals surface area contributed by atoms with E-state index in [1.807, 2.05) is 0 Å². The van der Waals surface area contributed by atoms with E-state index in [0.717, 1.165) is 0 Å². The van der Waals surface area contributed by atoms with Crippen molar-refractivity contribution in [1.29, 1.82) is 0 Å². The highest BCUT2D eigenvalue weighted by Gasteiger charge is 1.96. The number of rotatable bonds is 2. The van der Waals surface area contributed by atoms with Gasteiger partial charge in [0.25, 0.3) is 0 Å². The maximum Gasteiger partial charge on any atom is 0.150 e. The zero-order valence-corrected chi connectivity index (χ0v) is 8.32. The van der Waals surface area contributed by atoms with Crippen LogP contribution in [0.2, 0.25) is 0 Å². The molecule has 0 radical (unpaired) electrons. The molecule has 1 rings (SSSR count). The molecule has 68 valence electrons. The third-order valence-electron chi connectivity index (χ3n) is 1.33. The number of quaternary nitrogens is 2. The van der Waals surface area contributed by atoms with E-state index in [1.54, 1.807) is 12.1 Å². The number of nitrogen functional groups attached to an aromatic ring is 1. The van der Waals surface area contributed by atoms with Crippen molar-refractivity contribution in [3.05, 3.63) is 34.7 Å². The Bertz CT molecular complexity index is 227. The summed E-state index contributed by atoms with van der Waals surface area (Å²) in [5.41, 5.74) is 1.66. The minimum absolute atomic E-state index is 0. The third-order valence-corrected chi connectivity index (χ3v) is 1.33. The van der Waals surface area contributed by atoms with Gasteiger partial charge >= 0.3 is 0 Å². The first-order chi connectivity index (χ1) is 5.24. The fourth-order valence-electron chi connectivity index (χ4n) is 0.726. The van der Waals surface area contributed by atoms with Gasteiger partial charge in [-0.1, -0.05) is 0 Å². The Morgan fingerprint density at radius 3 is 2.08 bits per heavy atom. The highest BCUT2D eigenvalue weighted by atomic mass is 127.